The number of unbranched alkanes of at least 4 members (excludes halogenated alkanes) is 1. The average molecular weight is 162 g/mol. The summed E-state index contributed by atoms with van der Waals surface area (Å²) in [7, 11) is 0. The van der Waals surface area contributed by atoms with Crippen LogP contribution in [0.3, 0.4) is 0 Å². The normalized spacial score (nSPS) is 6.17. The monoisotopic (exact) mass is 162 g/mol. The fourth-order valence-electron chi connectivity index (χ4n) is 0.118. The minimum Gasteiger partial charge on any atom is -1.00 e. The Balaban J connectivity index is -0.0000000267. The summed E-state index contributed by atoms with van der Waals surface area (Å²) in [5.41, 5.74) is 0. The van der Waals surface area contributed by atoms with Crippen molar-refractivity contribution in [2.75, 3.05) is 0 Å². The molecule has 0 aliphatic carbocycles. The van der Waals surface area contributed by atoms with Crippen LogP contribution < -0.4 is 0 Å². The molecule has 34 valence electrons. The Morgan fingerprint density at radius 2 is 2.33 bits per heavy atom. The maximum atomic E-state index is 9.40. The van der Waals surface area contributed by atoms with Crippen LogP contribution in [-0.2, 0) is 4.79 Å². The second-order valence-corrected chi connectivity index (χ2v) is 0.955. The molecule has 2 heteroatoms. The number of hydrogen-bond donors (Lipinski definition) is 0. The molecular formula is C4H10OSr. The van der Waals surface area contributed by atoms with Gasteiger partial charge in [-0.1, -0.05) is 6.92 Å². The van der Waals surface area contributed by atoms with Crippen LogP contribution in [-0.4, -0.2) is 51.8 Å². The molecule has 0 fully saturated rings. The summed E-state index contributed by atoms with van der Waals surface area (Å²) in [6.07, 6.45) is 2.61. The van der Waals surface area contributed by atoms with E-state index < -0.39 is 0 Å². The van der Waals surface area contributed by atoms with E-state index in [1.807, 2.05) is 6.92 Å². The van der Waals surface area contributed by atoms with Crippen molar-refractivity contribution in [3.05, 3.63) is 0 Å². The Morgan fingerprint density at radius 3 is 2.33 bits per heavy atom. The van der Waals surface area contributed by atoms with Crippen LogP contribution in [0.5, 0.6) is 0 Å². The Labute approximate surface area is 78.4 Å². The van der Waals surface area contributed by atoms with Gasteiger partial charge in [0.1, 0.15) is 6.29 Å². The molecule has 0 rings (SSSR count). The smallest absolute Gasteiger partial charge is 1.00 e. The van der Waals surface area contributed by atoms with E-state index in [9.17, 15) is 4.79 Å². The van der Waals surface area contributed by atoms with Gasteiger partial charge in [-0.15, -0.1) is 0 Å². The van der Waals surface area contributed by atoms with Crippen molar-refractivity contribution in [2.24, 2.45) is 0 Å². The van der Waals surface area contributed by atoms with Gasteiger partial charge in [-0.05, 0) is 6.42 Å². The van der Waals surface area contributed by atoms with Gasteiger partial charge in [-0.2, -0.15) is 0 Å². The van der Waals surface area contributed by atoms with Gasteiger partial charge in [0.25, 0.3) is 0 Å². The average Bonchev–Trinajstić information content (AvgIpc) is 1.41. The first-order valence-corrected chi connectivity index (χ1v) is 1.85. The van der Waals surface area contributed by atoms with Gasteiger partial charge in [-0.3, -0.25) is 0 Å². The van der Waals surface area contributed by atoms with Gasteiger partial charge in [0, 0.05) is 6.42 Å². The zero-order valence-corrected chi connectivity index (χ0v) is 7.58. The first kappa shape index (κ1) is 10.2. The molecule has 0 saturated heterocycles. The Morgan fingerprint density at radius 1 is 1.83 bits per heavy atom. The van der Waals surface area contributed by atoms with Gasteiger partial charge in [0.05, 0.1) is 0 Å². The zero-order chi connectivity index (χ0) is 4.12. The molecule has 0 heterocycles. The van der Waals surface area contributed by atoms with E-state index in [0.29, 0.717) is 6.42 Å². The van der Waals surface area contributed by atoms with Crippen LogP contribution in [0, 0.1) is 0 Å². The molecule has 1 nitrogen and oxygen atoms in total. The molecule has 0 aliphatic heterocycles. The van der Waals surface area contributed by atoms with E-state index in [0.717, 1.165) is 12.7 Å². The molecule has 0 aliphatic rings. The van der Waals surface area contributed by atoms with Crippen LogP contribution in [0.15, 0.2) is 0 Å². The third-order valence-electron chi connectivity index (χ3n) is 0.407. The van der Waals surface area contributed by atoms with Gasteiger partial charge < -0.3 is 7.65 Å². The Hall–Kier alpha value is 1.15. The van der Waals surface area contributed by atoms with Crippen LogP contribution in [0.4, 0.5) is 0 Å². The molecule has 0 saturated carbocycles. The molecule has 0 aromatic rings. The molecule has 6 heavy (non-hydrogen) atoms. The van der Waals surface area contributed by atoms with Crippen molar-refractivity contribution >= 4 is 51.8 Å². The topological polar surface area (TPSA) is 17.1 Å². The summed E-state index contributed by atoms with van der Waals surface area (Å²) < 4.78 is 0. The van der Waals surface area contributed by atoms with E-state index in [-0.39, 0.29) is 48.3 Å². The number of hydrogen-bond acceptors (Lipinski definition) is 1. The SMILES string of the molecule is CCCC=O.[H-].[H-].[Sr+2]. The van der Waals surface area contributed by atoms with Crippen LogP contribution in [0.2, 0.25) is 0 Å². The van der Waals surface area contributed by atoms with Gasteiger partial charge in [0.2, 0.25) is 0 Å². The number of aldehydes is 1. The van der Waals surface area contributed by atoms with Crippen LogP contribution >= 0.6 is 0 Å². The quantitative estimate of drug-likeness (QED) is 0.433. The van der Waals surface area contributed by atoms with E-state index in [1.54, 1.807) is 0 Å². The van der Waals surface area contributed by atoms with E-state index in [2.05, 4.69) is 0 Å². The van der Waals surface area contributed by atoms with E-state index in [1.165, 1.54) is 0 Å². The van der Waals surface area contributed by atoms with Crippen molar-refractivity contribution in [1.82, 2.24) is 0 Å². The van der Waals surface area contributed by atoms with Crippen molar-refractivity contribution in [3.8, 4) is 0 Å². The van der Waals surface area contributed by atoms with Crippen molar-refractivity contribution in [1.29, 1.82) is 0 Å². The summed E-state index contributed by atoms with van der Waals surface area (Å²) in [5, 5.41) is 0. The molecule has 0 bridgehead atoms. The van der Waals surface area contributed by atoms with Crippen LogP contribution in [0.1, 0.15) is 22.6 Å². The van der Waals surface area contributed by atoms with Gasteiger partial charge in [0.15, 0.2) is 0 Å². The maximum Gasteiger partial charge on any atom is 2.00 e. The largest absolute Gasteiger partial charge is 2.00 e. The molecule has 0 aromatic carbocycles. The third-order valence-corrected chi connectivity index (χ3v) is 0.407. The van der Waals surface area contributed by atoms with Crippen molar-refractivity contribution < 1.29 is 7.65 Å². The minimum atomic E-state index is 0. The first-order chi connectivity index (χ1) is 2.41. The number of rotatable bonds is 2. The molecule has 0 aromatic heterocycles. The molecule has 0 atom stereocenters. The van der Waals surface area contributed by atoms with Gasteiger partial charge >= 0.3 is 45.5 Å². The molecule has 0 spiro atoms. The predicted octanol–water partition coefficient (Wildman–Crippen LogP) is 0.830. The minimum absolute atomic E-state index is 0. The maximum absolute atomic E-state index is 9.40. The number of carbonyl (C=O) groups is 1. The van der Waals surface area contributed by atoms with Crippen molar-refractivity contribution in [2.45, 2.75) is 19.8 Å². The summed E-state index contributed by atoms with van der Waals surface area (Å²) >= 11 is 0. The summed E-state index contributed by atoms with van der Waals surface area (Å²) in [4.78, 5) is 9.40. The second kappa shape index (κ2) is 9.47. The summed E-state index contributed by atoms with van der Waals surface area (Å²) in [5.74, 6) is 0. The fourth-order valence-corrected chi connectivity index (χ4v) is 0.118. The zero-order valence-electron chi connectivity index (χ0n) is 6.11. The molecule has 0 unspecified atom stereocenters. The molecule has 0 radical (unpaired) electrons. The summed E-state index contributed by atoms with van der Waals surface area (Å²) in [6, 6.07) is 0. The van der Waals surface area contributed by atoms with E-state index >= 15 is 0 Å². The molecular weight excluding hydrogens is 152 g/mol. The fraction of sp³-hybridized carbons (Fsp3) is 0.750. The van der Waals surface area contributed by atoms with E-state index in [4.69, 9.17) is 0 Å². The molecule has 0 N–H and O–H groups in total. The van der Waals surface area contributed by atoms with Gasteiger partial charge in [-0.25, -0.2) is 0 Å². The van der Waals surface area contributed by atoms with Crippen molar-refractivity contribution in [3.63, 3.8) is 0 Å². The number of carbonyl (C=O) groups excluding carboxylic acids is 1. The summed E-state index contributed by atoms with van der Waals surface area (Å²) in [6.45, 7) is 1.98. The predicted molar refractivity (Wildman–Crippen MR) is 28.9 cm³/mol. The Bertz CT molecular complexity index is 35.2. The first-order valence-electron chi connectivity index (χ1n) is 1.85. The third kappa shape index (κ3) is 8.94. The second-order valence-electron chi connectivity index (χ2n) is 0.955. The van der Waals surface area contributed by atoms with Crippen LogP contribution in [0.25, 0.3) is 0 Å². The molecule has 0 amide bonds. The standard InChI is InChI=1S/C4H8O.Sr.2H/c1-2-3-4-5;;;/h4H,2-3H2,1H3;;;/q;+2;2*-1. The Kier molecular flexibility index (Phi) is 16.1.